The number of benzene rings is 1. The van der Waals surface area contributed by atoms with E-state index in [1.165, 1.54) is 29.0 Å². The maximum atomic E-state index is 14.9. The molecule has 1 aromatic carbocycles. The molecule has 4 aromatic rings. The molecule has 0 aliphatic carbocycles. The molecule has 206 valence electrons. The van der Waals surface area contributed by atoms with Crippen LogP contribution in [0.2, 0.25) is 10.0 Å². The molecule has 0 spiro atoms. The van der Waals surface area contributed by atoms with Crippen LogP contribution in [0.1, 0.15) is 25.5 Å². The molecule has 3 aromatic heterocycles. The molecule has 1 atom stereocenters. The first-order chi connectivity index (χ1) is 18.3. The van der Waals surface area contributed by atoms with Gasteiger partial charge in [-0.25, -0.2) is 27.1 Å². The zero-order valence-electron chi connectivity index (χ0n) is 21.6. The number of ether oxygens (including phenoxy) is 1. The quantitative estimate of drug-likeness (QED) is 0.312. The summed E-state index contributed by atoms with van der Waals surface area (Å²) in [7, 11) is -1.67. The third-order valence-corrected chi connectivity index (χ3v) is 8.59. The van der Waals surface area contributed by atoms with Crippen molar-refractivity contribution in [2.45, 2.75) is 20.0 Å². The first kappa shape index (κ1) is 27.5. The Kier molecular flexibility index (Phi) is 7.17. The van der Waals surface area contributed by atoms with Crippen molar-refractivity contribution >= 4 is 50.1 Å². The lowest BCUT2D eigenvalue weighted by Gasteiger charge is -2.49. The summed E-state index contributed by atoms with van der Waals surface area (Å²) in [6.45, 7) is 5.42. The highest BCUT2D eigenvalue weighted by Crippen LogP contribution is 2.37. The number of sulfonamides is 1. The van der Waals surface area contributed by atoms with E-state index in [-0.39, 0.29) is 11.2 Å². The van der Waals surface area contributed by atoms with Crippen LogP contribution in [0.5, 0.6) is 5.75 Å². The van der Waals surface area contributed by atoms with Crippen LogP contribution in [-0.2, 0) is 10.0 Å². The van der Waals surface area contributed by atoms with Crippen molar-refractivity contribution in [3.8, 4) is 17.0 Å². The summed E-state index contributed by atoms with van der Waals surface area (Å²) in [4.78, 5) is 14.9. The fourth-order valence-corrected chi connectivity index (χ4v) is 5.98. The first-order valence-electron chi connectivity index (χ1n) is 12.0. The molecule has 0 unspecified atom stereocenters. The minimum atomic E-state index is -3.25. The van der Waals surface area contributed by atoms with E-state index in [0.29, 0.717) is 63.4 Å². The summed E-state index contributed by atoms with van der Waals surface area (Å²) < 4.78 is 45.7. The molecule has 1 N–H and O–H groups in total. The van der Waals surface area contributed by atoms with Gasteiger partial charge in [-0.05, 0) is 13.0 Å². The summed E-state index contributed by atoms with van der Waals surface area (Å²) in [5, 5.41) is 8.46. The Morgan fingerprint density at radius 2 is 1.82 bits per heavy atom. The zero-order chi connectivity index (χ0) is 28.1. The average molecular weight is 594 g/mol. The van der Waals surface area contributed by atoms with Crippen molar-refractivity contribution in [2.24, 2.45) is 5.41 Å². The molecule has 0 radical (unpaired) electrons. The van der Waals surface area contributed by atoms with Crippen LogP contribution in [0, 0.1) is 11.2 Å². The van der Waals surface area contributed by atoms with Crippen molar-refractivity contribution < 1.29 is 17.5 Å². The van der Waals surface area contributed by atoms with Crippen LogP contribution in [0.3, 0.4) is 0 Å². The molecule has 4 heterocycles. The molecule has 10 nitrogen and oxygen atoms in total. The number of hydrogen-bond donors (Lipinski definition) is 1. The molecule has 1 aliphatic heterocycles. The predicted octanol–water partition coefficient (Wildman–Crippen LogP) is 4.72. The number of anilines is 1. The van der Waals surface area contributed by atoms with Gasteiger partial charge in [0.05, 0.1) is 21.8 Å². The van der Waals surface area contributed by atoms with Crippen LogP contribution in [-0.4, -0.2) is 70.8 Å². The van der Waals surface area contributed by atoms with E-state index in [0.717, 1.165) is 0 Å². The molecule has 1 aliphatic rings. The molecule has 5 rings (SSSR count). The lowest BCUT2D eigenvalue weighted by molar-refractivity contribution is 0.196. The van der Waals surface area contributed by atoms with Gasteiger partial charge >= 0.3 is 0 Å². The van der Waals surface area contributed by atoms with Crippen molar-refractivity contribution in [1.29, 1.82) is 0 Å². The second kappa shape index (κ2) is 10.2. The molecular weight excluding hydrogens is 568 g/mol. The third-order valence-electron chi connectivity index (χ3n) is 6.73. The molecule has 0 amide bonds. The maximum Gasteiger partial charge on any atom is 0.225 e. The number of fused-ring (bicyclic) bond motifs is 1. The molecule has 39 heavy (non-hydrogen) atoms. The Morgan fingerprint density at radius 1 is 1.18 bits per heavy atom. The minimum absolute atomic E-state index is 0.0121. The van der Waals surface area contributed by atoms with Crippen LogP contribution in [0.25, 0.3) is 22.2 Å². The third kappa shape index (κ3) is 5.51. The highest BCUT2D eigenvalue weighted by atomic mass is 35.5. The van der Waals surface area contributed by atoms with Crippen molar-refractivity contribution in [3.63, 3.8) is 0 Å². The highest BCUT2D eigenvalue weighted by Gasteiger charge is 2.42. The monoisotopic (exact) mass is 593 g/mol. The van der Waals surface area contributed by atoms with Gasteiger partial charge in [0, 0.05) is 79.5 Å². The number of H-pyrrole nitrogens is 1. The largest absolute Gasteiger partial charge is 0.483 e. The van der Waals surface area contributed by atoms with E-state index in [2.05, 4.69) is 25.1 Å². The maximum absolute atomic E-state index is 14.9. The summed E-state index contributed by atoms with van der Waals surface area (Å²) >= 11 is 12.5. The van der Waals surface area contributed by atoms with Gasteiger partial charge in [0.25, 0.3) is 0 Å². The van der Waals surface area contributed by atoms with Crippen molar-refractivity contribution in [2.75, 3.05) is 37.8 Å². The van der Waals surface area contributed by atoms with Gasteiger partial charge in [-0.1, -0.05) is 30.1 Å². The number of aromatic nitrogens is 5. The van der Waals surface area contributed by atoms with E-state index in [1.807, 2.05) is 11.8 Å². The standard InChI is InChI=1S/C25H26Cl2FN7O3S/c1-14(22-17(26)9-29-10-18(22)27)38-21-5-16-20(6-19(21)28)32-33-23(16)15-7-30-24(31-8-15)35-12-25(2,13-35)11-34(3)39(4,36)37/h5-10,14H,11-13H2,1-4H3,(H,32,33)/t14-/m1/s1. The normalized spacial score (nSPS) is 15.9. The number of rotatable bonds is 8. The average Bonchev–Trinajstić information content (AvgIpc) is 3.24. The van der Waals surface area contributed by atoms with Gasteiger partial charge in [-0.3, -0.25) is 10.1 Å². The second-order valence-corrected chi connectivity index (χ2v) is 13.0. The van der Waals surface area contributed by atoms with Gasteiger partial charge in [0.15, 0.2) is 11.6 Å². The number of pyridine rings is 1. The topological polar surface area (TPSA) is 117 Å². The number of nitrogens with one attached hydrogen (secondary N) is 1. The van der Waals surface area contributed by atoms with E-state index in [4.69, 9.17) is 27.9 Å². The second-order valence-electron chi connectivity index (χ2n) is 10.1. The van der Waals surface area contributed by atoms with Gasteiger partial charge in [0.2, 0.25) is 16.0 Å². The number of halogens is 3. The SMILES string of the molecule is C[C@@H](Oc1cc2c(-c3cnc(N4CC(C)(CN(C)S(C)(=O)=O)C4)nc3)n[nH]c2cc1F)c1c(Cl)cncc1Cl. The van der Waals surface area contributed by atoms with E-state index in [1.54, 1.807) is 32.4 Å². The van der Waals surface area contributed by atoms with Crippen LogP contribution in [0.15, 0.2) is 36.9 Å². The molecular formula is C25H26Cl2FN7O3S. The lowest BCUT2D eigenvalue weighted by Crippen LogP contribution is -2.60. The Hall–Kier alpha value is -3.06. The molecule has 1 fully saturated rings. The zero-order valence-corrected chi connectivity index (χ0v) is 23.9. The Balaban J connectivity index is 1.34. The van der Waals surface area contributed by atoms with Crippen LogP contribution >= 0.6 is 23.2 Å². The van der Waals surface area contributed by atoms with Crippen molar-refractivity contribution in [1.82, 2.24) is 29.5 Å². The fraction of sp³-hybridized carbons (Fsp3) is 0.360. The lowest BCUT2D eigenvalue weighted by atomic mass is 9.82. The molecule has 1 saturated heterocycles. The molecule has 14 heteroatoms. The summed E-state index contributed by atoms with van der Waals surface area (Å²) in [6.07, 6.45) is 6.77. The summed E-state index contributed by atoms with van der Waals surface area (Å²) in [6, 6.07) is 2.88. The highest BCUT2D eigenvalue weighted by molar-refractivity contribution is 7.88. The van der Waals surface area contributed by atoms with E-state index < -0.39 is 21.9 Å². The number of aromatic amines is 1. The van der Waals surface area contributed by atoms with Gasteiger partial charge < -0.3 is 9.64 Å². The van der Waals surface area contributed by atoms with E-state index >= 15 is 0 Å². The Bertz CT molecular complexity index is 1620. The number of hydrogen-bond acceptors (Lipinski definition) is 8. The predicted molar refractivity (Wildman–Crippen MR) is 148 cm³/mol. The van der Waals surface area contributed by atoms with E-state index in [9.17, 15) is 12.8 Å². The molecule has 0 bridgehead atoms. The van der Waals surface area contributed by atoms with Gasteiger partial charge in [-0.2, -0.15) is 5.10 Å². The van der Waals surface area contributed by atoms with Gasteiger partial charge in [0.1, 0.15) is 11.8 Å². The van der Waals surface area contributed by atoms with Crippen molar-refractivity contribution in [3.05, 3.63) is 58.3 Å². The minimum Gasteiger partial charge on any atom is -0.483 e. The van der Waals surface area contributed by atoms with Gasteiger partial charge in [-0.15, -0.1) is 0 Å². The molecule has 0 saturated carbocycles. The van der Waals surface area contributed by atoms with Crippen LogP contribution < -0.4 is 9.64 Å². The Labute approximate surface area is 235 Å². The summed E-state index contributed by atoms with van der Waals surface area (Å²) in [5.74, 6) is -0.0223. The smallest absolute Gasteiger partial charge is 0.225 e. The number of nitrogens with zero attached hydrogens (tertiary/aromatic N) is 6. The van der Waals surface area contributed by atoms with Crippen LogP contribution in [0.4, 0.5) is 10.3 Å². The Morgan fingerprint density at radius 3 is 2.44 bits per heavy atom. The fourth-order valence-electron chi connectivity index (χ4n) is 4.77. The summed E-state index contributed by atoms with van der Waals surface area (Å²) in [5.41, 5.74) is 1.98. The first-order valence-corrected chi connectivity index (χ1v) is 14.6.